The second-order valence-electron chi connectivity index (χ2n) is 10.0. The van der Waals surface area contributed by atoms with Crippen molar-refractivity contribution in [2.75, 3.05) is 25.5 Å². The van der Waals surface area contributed by atoms with Crippen LogP contribution in [0.2, 0.25) is 0 Å². The molecule has 2 aliphatic rings. The number of carbonyl (C=O) groups is 2. The molecule has 1 fully saturated rings. The van der Waals surface area contributed by atoms with Crippen molar-refractivity contribution < 1.29 is 41.4 Å². The summed E-state index contributed by atoms with van der Waals surface area (Å²) in [5.74, 6) is -3.06. The zero-order valence-corrected chi connectivity index (χ0v) is 22.8. The number of halogens is 5. The number of carbonyl (C=O) groups excluding carboxylic acids is 1. The Bertz CT molecular complexity index is 1490. The topological polar surface area (TPSA) is 130 Å². The number of carboxylic acids is 1. The molecule has 0 aromatic carbocycles. The lowest BCUT2D eigenvalue weighted by Gasteiger charge is -2.36. The molecule has 224 valence electrons. The lowest BCUT2D eigenvalue weighted by Crippen LogP contribution is -2.46. The summed E-state index contributed by atoms with van der Waals surface area (Å²) in [6.07, 6.45) is 0.668. The van der Waals surface area contributed by atoms with Gasteiger partial charge < -0.3 is 20.1 Å². The Morgan fingerprint density at radius 3 is 2.40 bits per heavy atom. The Morgan fingerprint density at radius 2 is 1.79 bits per heavy atom. The predicted octanol–water partition coefficient (Wildman–Crippen LogP) is 4.30. The summed E-state index contributed by atoms with van der Waals surface area (Å²) in [6, 6.07) is 3.48. The fraction of sp³-hybridized carbons (Fsp3) is 0.407. The van der Waals surface area contributed by atoms with Crippen LogP contribution in [0, 0.1) is 18.6 Å². The lowest BCUT2D eigenvalue weighted by molar-refractivity contribution is -0.192. The number of aryl methyl sites for hydroxylation is 2. The molecule has 0 radical (unpaired) electrons. The number of carboxylic acid groups (broad SMARTS) is 1. The fourth-order valence-electron chi connectivity index (χ4n) is 4.96. The Labute approximate surface area is 237 Å². The molecule has 0 saturated carbocycles. The molecule has 10 nitrogen and oxygen atoms in total. The largest absolute Gasteiger partial charge is 0.490 e. The highest BCUT2D eigenvalue weighted by Gasteiger charge is 2.43. The van der Waals surface area contributed by atoms with E-state index >= 15 is 0 Å². The summed E-state index contributed by atoms with van der Waals surface area (Å²) >= 11 is 0. The minimum atomic E-state index is -5.08. The molecule has 2 aliphatic heterocycles. The number of hydrogen-bond donors (Lipinski definition) is 2. The minimum absolute atomic E-state index is 0.130. The summed E-state index contributed by atoms with van der Waals surface area (Å²) < 4.78 is 64.5. The Balaban J connectivity index is 0.000000517. The van der Waals surface area contributed by atoms with Gasteiger partial charge in [-0.2, -0.15) is 13.2 Å². The van der Waals surface area contributed by atoms with E-state index in [1.165, 1.54) is 13.2 Å². The van der Waals surface area contributed by atoms with Crippen LogP contribution >= 0.6 is 0 Å². The van der Waals surface area contributed by atoms with Crippen LogP contribution in [-0.4, -0.2) is 73.7 Å². The number of amides is 1. The first kappa shape index (κ1) is 30.5. The van der Waals surface area contributed by atoms with Crippen molar-refractivity contribution in [2.45, 2.75) is 50.7 Å². The van der Waals surface area contributed by atoms with Crippen LogP contribution in [0.15, 0.2) is 30.7 Å². The summed E-state index contributed by atoms with van der Waals surface area (Å²) in [5.41, 5.74) is 2.53. The molecule has 42 heavy (non-hydrogen) atoms. The van der Waals surface area contributed by atoms with E-state index in [1.54, 1.807) is 11.8 Å². The lowest BCUT2D eigenvalue weighted by atomic mass is 9.86. The quantitative estimate of drug-likeness (QED) is 0.425. The number of fused-ring (bicyclic) bond motifs is 1. The fourth-order valence-corrected chi connectivity index (χ4v) is 4.96. The van der Waals surface area contributed by atoms with Crippen LogP contribution in [0.25, 0.3) is 11.4 Å². The number of nitrogens with one attached hydrogen (secondary N) is 1. The zero-order chi connectivity index (χ0) is 30.8. The Kier molecular flexibility index (Phi) is 8.59. The molecule has 1 saturated heterocycles. The molecule has 3 aromatic rings. The molecule has 3 aromatic heterocycles. The molecule has 1 amide bonds. The molecular formula is C27H27F5N6O4. The number of aromatic nitrogens is 4. The number of anilines is 1. The van der Waals surface area contributed by atoms with Crippen molar-refractivity contribution in [3.8, 4) is 17.3 Å². The van der Waals surface area contributed by atoms with E-state index in [9.17, 15) is 26.7 Å². The van der Waals surface area contributed by atoms with Gasteiger partial charge in [-0.3, -0.25) is 4.79 Å². The van der Waals surface area contributed by atoms with Crippen molar-refractivity contribution >= 4 is 17.7 Å². The van der Waals surface area contributed by atoms with E-state index in [2.05, 4.69) is 20.3 Å². The number of rotatable bonds is 4. The van der Waals surface area contributed by atoms with Crippen molar-refractivity contribution in [1.29, 1.82) is 0 Å². The van der Waals surface area contributed by atoms with Gasteiger partial charge in [0.2, 0.25) is 11.8 Å². The number of nitrogens with zero attached hydrogens (tertiary/aromatic N) is 5. The zero-order valence-electron chi connectivity index (χ0n) is 22.8. The number of likely N-dealkylation sites (tertiary alicyclic amines) is 1. The SMILES string of the molecule is COc1cc([C@@H](C)C(=O)N2CC[C@@]3(CCc4cc(-c5ncc(F)cn5)c(C)nc4N3)C2)c(F)cn1.O=C(O)C(F)(F)F. The van der Waals surface area contributed by atoms with E-state index in [4.69, 9.17) is 19.6 Å². The Morgan fingerprint density at radius 1 is 1.12 bits per heavy atom. The second-order valence-corrected chi connectivity index (χ2v) is 10.0. The maximum absolute atomic E-state index is 14.4. The monoisotopic (exact) mass is 594 g/mol. The Hall–Kier alpha value is -4.43. The number of methoxy groups -OCH3 is 1. The highest BCUT2D eigenvalue weighted by molar-refractivity contribution is 5.84. The average Bonchev–Trinajstić information content (AvgIpc) is 3.35. The highest BCUT2D eigenvalue weighted by atomic mass is 19.4. The number of aliphatic carboxylic acids is 1. The molecule has 2 atom stereocenters. The van der Waals surface area contributed by atoms with Gasteiger partial charge in [-0.15, -0.1) is 0 Å². The smallest absolute Gasteiger partial charge is 0.481 e. The third-order valence-corrected chi connectivity index (χ3v) is 7.22. The summed E-state index contributed by atoms with van der Waals surface area (Å²) in [6.45, 7) is 4.67. The maximum atomic E-state index is 14.4. The number of alkyl halides is 3. The van der Waals surface area contributed by atoms with Gasteiger partial charge in [-0.1, -0.05) is 0 Å². The second kappa shape index (κ2) is 11.8. The van der Waals surface area contributed by atoms with Crippen LogP contribution in [-0.2, 0) is 16.0 Å². The van der Waals surface area contributed by atoms with E-state index in [0.29, 0.717) is 18.9 Å². The molecular weight excluding hydrogens is 567 g/mol. The third-order valence-electron chi connectivity index (χ3n) is 7.22. The van der Waals surface area contributed by atoms with Gasteiger partial charge in [0.15, 0.2) is 11.6 Å². The summed E-state index contributed by atoms with van der Waals surface area (Å²) in [5, 5.41) is 10.7. The molecule has 0 unspecified atom stereocenters. The van der Waals surface area contributed by atoms with E-state index in [-0.39, 0.29) is 22.9 Å². The minimum Gasteiger partial charge on any atom is -0.481 e. The standard InChI is InChI=1S/C25H26F2N6O2.C2HF3O2/c1-14(18-9-21(35-3)28-12-20(18)27)24(34)33-7-6-25(13-33)5-4-16-8-19(15(2)31-22(16)32-25)23-29-10-17(26)11-30-23;3-2(4,5)1(6)7/h8-12,14H,4-7,13H2,1-3H3,(H,31,32);(H,6,7)/t14-,25+;/m1./s1. The van der Waals surface area contributed by atoms with Crippen LogP contribution < -0.4 is 10.1 Å². The average molecular weight is 595 g/mol. The van der Waals surface area contributed by atoms with Gasteiger partial charge in [0, 0.05) is 30.3 Å². The van der Waals surface area contributed by atoms with Gasteiger partial charge in [-0.25, -0.2) is 33.5 Å². The predicted molar refractivity (Wildman–Crippen MR) is 139 cm³/mol. The van der Waals surface area contributed by atoms with Crippen LogP contribution in [0.3, 0.4) is 0 Å². The van der Waals surface area contributed by atoms with Gasteiger partial charge in [0.25, 0.3) is 0 Å². The van der Waals surface area contributed by atoms with Crippen LogP contribution in [0.4, 0.5) is 27.8 Å². The molecule has 2 N–H and O–H groups in total. The van der Waals surface area contributed by atoms with Gasteiger partial charge in [0.05, 0.1) is 42.9 Å². The molecule has 0 aliphatic carbocycles. The highest BCUT2D eigenvalue weighted by Crippen LogP contribution is 2.39. The number of ether oxygens (including phenoxy) is 1. The van der Waals surface area contributed by atoms with Crippen LogP contribution in [0.5, 0.6) is 5.88 Å². The summed E-state index contributed by atoms with van der Waals surface area (Å²) in [7, 11) is 1.46. The van der Waals surface area contributed by atoms with Gasteiger partial charge in [0.1, 0.15) is 11.6 Å². The van der Waals surface area contributed by atoms with Gasteiger partial charge in [-0.05, 0) is 44.7 Å². The van der Waals surface area contributed by atoms with Crippen molar-refractivity contribution in [2.24, 2.45) is 0 Å². The van der Waals surface area contributed by atoms with Crippen molar-refractivity contribution in [1.82, 2.24) is 24.8 Å². The number of hydrogen-bond acceptors (Lipinski definition) is 8. The van der Waals surface area contributed by atoms with Crippen molar-refractivity contribution in [3.05, 3.63) is 59.2 Å². The van der Waals surface area contributed by atoms with E-state index < -0.39 is 29.7 Å². The van der Waals surface area contributed by atoms with E-state index in [0.717, 1.165) is 60.5 Å². The first-order chi connectivity index (χ1) is 19.7. The molecule has 5 rings (SSSR count). The maximum Gasteiger partial charge on any atom is 0.490 e. The molecule has 5 heterocycles. The van der Waals surface area contributed by atoms with Crippen molar-refractivity contribution in [3.63, 3.8) is 0 Å². The third kappa shape index (κ3) is 6.55. The summed E-state index contributed by atoms with van der Waals surface area (Å²) in [4.78, 5) is 40.7. The first-order valence-electron chi connectivity index (χ1n) is 12.8. The first-order valence-corrected chi connectivity index (χ1v) is 12.8. The van der Waals surface area contributed by atoms with E-state index in [1.807, 2.05) is 13.0 Å². The molecule has 15 heteroatoms. The normalized spacial score (nSPS) is 18.4. The number of pyridine rings is 2. The molecule has 1 spiro atoms. The molecule has 0 bridgehead atoms. The van der Waals surface area contributed by atoms with Gasteiger partial charge >= 0.3 is 12.1 Å². The van der Waals surface area contributed by atoms with Crippen LogP contribution in [0.1, 0.15) is 42.5 Å².